The van der Waals surface area contributed by atoms with Crippen LogP contribution in [0.1, 0.15) is 24.9 Å². The molecular formula is C10H13N3. The van der Waals surface area contributed by atoms with Crippen molar-refractivity contribution in [1.82, 2.24) is 9.97 Å². The molecule has 0 aromatic carbocycles. The van der Waals surface area contributed by atoms with Crippen LogP contribution in [0, 0.1) is 12.8 Å². The zero-order valence-electron chi connectivity index (χ0n) is 7.91. The molecule has 0 aliphatic carbocycles. The van der Waals surface area contributed by atoms with Crippen molar-refractivity contribution in [3.8, 4) is 0 Å². The Balaban J connectivity index is 2.27. The van der Waals surface area contributed by atoms with Crippen molar-refractivity contribution in [1.29, 1.82) is 0 Å². The van der Waals surface area contributed by atoms with Crippen LogP contribution in [0.2, 0.25) is 0 Å². The van der Waals surface area contributed by atoms with Crippen molar-refractivity contribution >= 4 is 11.8 Å². The number of nitrogens with zero attached hydrogens (tertiary/aromatic N) is 2. The normalized spacial score (nSPS) is 21.7. The first kappa shape index (κ1) is 8.23. The van der Waals surface area contributed by atoms with Crippen molar-refractivity contribution in [2.24, 2.45) is 10.9 Å². The number of aromatic amines is 1. The fourth-order valence-corrected chi connectivity index (χ4v) is 1.50. The highest BCUT2D eigenvalue weighted by molar-refractivity contribution is 5.73. The average Bonchev–Trinajstić information content (AvgIpc) is 2.52. The molecule has 3 heteroatoms. The van der Waals surface area contributed by atoms with E-state index >= 15 is 0 Å². The molecule has 0 saturated carbocycles. The highest BCUT2D eigenvalue weighted by Crippen LogP contribution is 2.23. The Morgan fingerprint density at radius 3 is 3.00 bits per heavy atom. The molecule has 3 nitrogen and oxygen atoms in total. The quantitative estimate of drug-likeness (QED) is 0.698. The third-order valence-corrected chi connectivity index (χ3v) is 2.16. The van der Waals surface area contributed by atoms with E-state index in [1.165, 1.54) is 5.57 Å². The fourth-order valence-electron chi connectivity index (χ4n) is 1.50. The van der Waals surface area contributed by atoms with Crippen LogP contribution in [-0.4, -0.2) is 16.2 Å². The van der Waals surface area contributed by atoms with Gasteiger partial charge in [-0.15, -0.1) is 0 Å². The lowest BCUT2D eigenvalue weighted by atomic mass is 9.99. The first-order valence-corrected chi connectivity index (χ1v) is 4.50. The minimum Gasteiger partial charge on any atom is -0.342 e. The van der Waals surface area contributed by atoms with Crippen molar-refractivity contribution in [2.45, 2.75) is 20.3 Å². The number of rotatable bonds is 1. The van der Waals surface area contributed by atoms with Crippen LogP contribution in [-0.2, 0) is 0 Å². The molecule has 0 saturated heterocycles. The van der Waals surface area contributed by atoms with E-state index in [4.69, 9.17) is 0 Å². The Hall–Kier alpha value is -1.38. The Labute approximate surface area is 77.6 Å². The molecule has 1 aliphatic heterocycles. The summed E-state index contributed by atoms with van der Waals surface area (Å²) < 4.78 is 0. The van der Waals surface area contributed by atoms with Gasteiger partial charge in [0.15, 0.2) is 0 Å². The van der Waals surface area contributed by atoms with Gasteiger partial charge in [0.1, 0.15) is 5.82 Å². The molecule has 1 aromatic heterocycles. The van der Waals surface area contributed by atoms with E-state index in [2.05, 4.69) is 21.9 Å². The van der Waals surface area contributed by atoms with Crippen LogP contribution >= 0.6 is 0 Å². The molecular weight excluding hydrogens is 162 g/mol. The number of aliphatic imine (C=N–C) groups is 1. The predicted molar refractivity (Wildman–Crippen MR) is 53.6 cm³/mol. The van der Waals surface area contributed by atoms with Gasteiger partial charge in [0.2, 0.25) is 0 Å². The van der Waals surface area contributed by atoms with Gasteiger partial charge in [-0.05, 0) is 24.8 Å². The van der Waals surface area contributed by atoms with Gasteiger partial charge < -0.3 is 4.98 Å². The van der Waals surface area contributed by atoms with Crippen LogP contribution in [0.3, 0.4) is 0 Å². The smallest absolute Gasteiger partial charge is 0.103 e. The largest absolute Gasteiger partial charge is 0.342 e. The number of nitrogens with one attached hydrogen (secondary N) is 1. The maximum Gasteiger partial charge on any atom is 0.103 e. The predicted octanol–water partition coefficient (Wildman–Crippen LogP) is 2.17. The van der Waals surface area contributed by atoms with Crippen molar-refractivity contribution in [3.63, 3.8) is 0 Å². The molecule has 68 valence electrons. The van der Waals surface area contributed by atoms with E-state index in [0.29, 0.717) is 5.92 Å². The highest BCUT2D eigenvalue weighted by atomic mass is 14.9. The monoisotopic (exact) mass is 175 g/mol. The Kier molecular flexibility index (Phi) is 2.00. The maximum atomic E-state index is 4.19. The maximum absolute atomic E-state index is 4.19. The molecule has 1 aromatic rings. The molecule has 0 radical (unpaired) electrons. The van der Waals surface area contributed by atoms with Gasteiger partial charge in [-0.25, -0.2) is 4.98 Å². The van der Waals surface area contributed by atoms with Crippen molar-refractivity contribution in [2.75, 3.05) is 0 Å². The van der Waals surface area contributed by atoms with Crippen LogP contribution in [0.25, 0.3) is 5.57 Å². The summed E-state index contributed by atoms with van der Waals surface area (Å²) in [6.07, 6.45) is 6.81. The first-order chi connectivity index (χ1) is 6.25. The molecule has 1 N–H and O–H groups in total. The van der Waals surface area contributed by atoms with E-state index in [0.717, 1.165) is 17.9 Å². The third-order valence-electron chi connectivity index (χ3n) is 2.16. The van der Waals surface area contributed by atoms with E-state index < -0.39 is 0 Å². The minimum absolute atomic E-state index is 0.531. The standard InChI is InChI=1S/C10H13N3/c1-7-3-9(5-11-4-7)10-6-12-8(2)13-10/h4-7H,3H2,1-2H3,(H,12,13). The summed E-state index contributed by atoms with van der Waals surface area (Å²) in [4.78, 5) is 11.6. The number of hydrogen-bond donors (Lipinski definition) is 1. The summed E-state index contributed by atoms with van der Waals surface area (Å²) >= 11 is 0. The minimum atomic E-state index is 0.531. The molecule has 0 spiro atoms. The van der Waals surface area contributed by atoms with E-state index in [1.54, 1.807) is 0 Å². The van der Waals surface area contributed by atoms with Gasteiger partial charge in [0, 0.05) is 12.4 Å². The number of aromatic nitrogens is 2. The van der Waals surface area contributed by atoms with Gasteiger partial charge in [-0.2, -0.15) is 0 Å². The second-order valence-corrected chi connectivity index (χ2v) is 3.52. The SMILES string of the molecule is Cc1ncc(C2=CN=CC(C)C2)[nH]1. The van der Waals surface area contributed by atoms with Gasteiger partial charge in [0.05, 0.1) is 11.9 Å². The van der Waals surface area contributed by atoms with E-state index in [9.17, 15) is 0 Å². The molecule has 13 heavy (non-hydrogen) atoms. The molecule has 1 aliphatic rings. The zero-order chi connectivity index (χ0) is 9.26. The molecule has 1 atom stereocenters. The summed E-state index contributed by atoms with van der Waals surface area (Å²) in [5, 5.41) is 0. The highest BCUT2D eigenvalue weighted by Gasteiger charge is 2.10. The zero-order valence-corrected chi connectivity index (χ0v) is 7.91. The summed E-state index contributed by atoms with van der Waals surface area (Å²) in [6, 6.07) is 0. The Morgan fingerprint density at radius 1 is 1.54 bits per heavy atom. The lowest BCUT2D eigenvalue weighted by molar-refractivity contribution is 0.806. The molecule has 0 bridgehead atoms. The lowest BCUT2D eigenvalue weighted by Crippen LogP contribution is -2.02. The number of aryl methyl sites for hydroxylation is 1. The van der Waals surface area contributed by atoms with Crippen LogP contribution in [0.15, 0.2) is 17.4 Å². The number of hydrogen-bond acceptors (Lipinski definition) is 2. The molecule has 2 heterocycles. The van der Waals surface area contributed by atoms with Crippen LogP contribution < -0.4 is 0 Å². The molecule has 1 unspecified atom stereocenters. The van der Waals surface area contributed by atoms with Gasteiger partial charge >= 0.3 is 0 Å². The van der Waals surface area contributed by atoms with E-state index in [-0.39, 0.29) is 0 Å². The number of H-pyrrole nitrogens is 1. The van der Waals surface area contributed by atoms with Crippen molar-refractivity contribution < 1.29 is 0 Å². The Bertz CT molecular complexity index is 360. The fraction of sp³-hybridized carbons (Fsp3) is 0.400. The van der Waals surface area contributed by atoms with E-state index in [1.807, 2.05) is 25.5 Å². The second-order valence-electron chi connectivity index (χ2n) is 3.52. The Morgan fingerprint density at radius 2 is 2.38 bits per heavy atom. The summed E-state index contributed by atoms with van der Waals surface area (Å²) in [5.41, 5.74) is 2.34. The molecule has 0 amide bonds. The summed E-state index contributed by atoms with van der Waals surface area (Å²) in [5.74, 6) is 1.49. The lowest BCUT2D eigenvalue weighted by Gasteiger charge is -2.11. The third kappa shape index (κ3) is 1.69. The average molecular weight is 175 g/mol. The van der Waals surface area contributed by atoms with Gasteiger partial charge in [0.25, 0.3) is 0 Å². The number of allylic oxidation sites excluding steroid dienone is 1. The van der Waals surface area contributed by atoms with Crippen molar-refractivity contribution in [3.05, 3.63) is 23.9 Å². The topological polar surface area (TPSA) is 41.0 Å². The number of imidazole rings is 1. The first-order valence-electron chi connectivity index (χ1n) is 4.50. The summed E-state index contributed by atoms with van der Waals surface area (Å²) in [6.45, 7) is 4.12. The van der Waals surface area contributed by atoms with Crippen LogP contribution in [0.5, 0.6) is 0 Å². The van der Waals surface area contributed by atoms with Crippen LogP contribution in [0.4, 0.5) is 0 Å². The van der Waals surface area contributed by atoms with Gasteiger partial charge in [-0.3, -0.25) is 4.99 Å². The molecule has 0 fully saturated rings. The molecule has 2 rings (SSSR count). The second kappa shape index (κ2) is 3.17. The van der Waals surface area contributed by atoms with Gasteiger partial charge in [-0.1, -0.05) is 6.92 Å². The summed E-state index contributed by atoms with van der Waals surface area (Å²) in [7, 11) is 0.